The average Bonchev–Trinajstić information content (AvgIpc) is 3.28. The summed E-state index contributed by atoms with van der Waals surface area (Å²) in [7, 11) is 0. The van der Waals surface area contributed by atoms with Crippen LogP contribution in [0.2, 0.25) is 0 Å². The number of aromatic nitrogens is 4. The molecule has 1 aromatic carbocycles. The summed E-state index contributed by atoms with van der Waals surface area (Å²) in [5.41, 5.74) is -1.34. The number of H-pyrrole nitrogens is 2. The van der Waals surface area contributed by atoms with Crippen LogP contribution < -0.4 is 10.7 Å². The number of rotatable bonds is 4. The van der Waals surface area contributed by atoms with Crippen LogP contribution in [-0.2, 0) is 6.18 Å². The highest BCUT2D eigenvalue weighted by Gasteiger charge is 2.34. The minimum absolute atomic E-state index is 0.180. The number of hydrogen-bond donors (Lipinski definition) is 3. The van der Waals surface area contributed by atoms with Gasteiger partial charge < -0.3 is 10.3 Å². The number of carbonyl (C=O) groups is 1. The van der Waals surface area contributed by atoms with E-state index in [1.54, 1.807) is 31.3 Å². The number of benzene rings is 1. The Labute approximate surface area is 173 Å². The van der Waals surface area contributed by atoms with Crippen molar-refractivity contribution in [2.24, 2.45) is 0 Å². The highest BCUT2D eigenvalue weighted by atomic mass is 19.4. The standard InChI is InChI=1S/C21H16F3N5O2/c1-11(16-4-2-3-5-25-16)28-20(31)17-8-18(30)14-6-12(13-9-26-27-10-13)7-15(19(14)29-17)21(22,23)24/h2-11H,1H3,(H,26,27)(H,28,31)(H,29,30). The van der Waals surface area contributed by atoms with Crippen molar-refractivity contribution in [1.82, 2.24) is 25.5 Å². The maximum absolute atomic E-state index is 13.8. The van der Waals surface area contributed by atoms with Crippen molar-refractivity contribution in [2.45, 2.75) is 19.1 Å². The van der Waals surface area contributed by atoms with E-state index in [0.717, 1.165) is 12.1 Å². The van der Waals surface area contributed by atoms with Crippen LogP contribution in [0.3, 0.4) is 0 Å². The van der Waals surface area contributed by atoms with E-state index < -0.39 is 34.6 Å². The molecule has 1 unspecified atom stereocenters. The van der Waals surface area contributed by atoms with Gasteiger partial charge in [0.1, 0.15) is 5.69 Å². The summed E-state index contributed by atoms with van der Waals surface area (Å²) in [4.78, 5) is 31.9. The van der Waals surface area contributed by atoms with Gasteiger partial charge in [-0.25, -0.2) is 0 Å². The monoisotopic (exact) mass is 427 g/mol. The molecule has 3 heterocycles. The van der Waals surface area contributed by atoms with E-state index in [1.165, 1.54) is 18.5 Å². The highest BCUT2D eigenvalue weighted by Crippen LogP contribution is 2.36. The van der Waals surface area contributed by atoms with Gasteiger partial charge in [0.25, 0.3) is 5.91 Å². The van der Waals surface area contributed by atoms with Gasteiger partial charge in [0.15, 0.2) is 5.43 Å². The van der Waals surface area contributed by atoms with E-state index >= 15 is 0 Å². The summed E-state index contributed by atoms with van der Waals surface area (Å²) in [5, 5.41) is 8.71. The van der Waals surface area contributed by atoms with Crippen LogP contribution >= 0.6 is 0 Å². The number of aromatic amines is 2. The van der Waals surface area contributed by atoms with Crippen LogP contribution in [0.15, 0.2) is 59.8 Å². The summed E-state index contributed by atoms with van der Waals surface area (Å²) in [6.45, 7) is 1.68. The molecule has 0 saturated carbocycles. The highest BCUT2D eigenvalue weighted by molar-refractivity contribution is 5.96. The number of pyridine rings is 2. The van der Waals surface area contributed by atoms with Crippen molar-refractivity contribution in [3.05, 3.63) is 82.2 Å². The number of nitrogens with one attached hydrogen (secondary N) is 3. The molecule has 0 bridgehead atoms. The number of amides is 1. The molecule has 4 aromatic rings. The smallest absolute Gasteiger partial charge is 0.350 e. The Morgan fingerprint density at radius 2 is 1.97 bits per heavy atom. The fourth-order valence-corrected chi connectivity index (χ4v) is 3.25. The first-order valence-corrected chi connectivity index (χ1v) is 9.23. The Hall–Kier alpha value is -3.95. The Bertz CT molecular complexity index is 1300. The molecule has 4 rings (SSSR count). The topological polar surface area (TPSA) is 104 Å². The molecule has 3 aromatic heterocycles. The van der Waals surface area contributed by atoms with Gasteiger partial charge in [-0.3, -0.25) is 19.7 Å². The third-order valence-corrected chi connectivity index (χ3v) is 4.80. The van der Waals surface area contributed by atoms with Gasteiger partial charge in [0.05, 0.1) is 29.0 Å². The van der Waals surface area contributed by atoms with Crippen LogP contribution in [0.5, 0.6) is 0 Å². The second-order valence-electron chi connectivity index (χ2n) is 6.93. The molecular weight excluding hydrogens is 411 g/mol. The van der Waals surface area contributed by atoms with Crippen LogP contribution in [0.25, 0.3) is 22.0 Å². The molecule has 0 spiro atoms. The van der Waals surface area contributed by atoms with Crippen molar-refractivity contribution in [1.29, 1.82) is 0 Å². The molecule has 0 saturated heterocycles. The molecule has 31 heavy (non-hydrogen) atoms. The number of halogens is 3. The fraction of sp³-hybridized carbons (Fsp3) is 0.143. The maximum atomic E-state index is 13.8. The number of carbonyl (C=O) groups excluding carboxylic acids is 1. The second kappa shape index (κ2) is 7.71. The molecule has 0 aliphatic carbocycles. The van der Waals surface area contributed by atoms with Crippen LogP contribution in [0.4, 0.5) is 13.2 Å². The maximum Gasteiger partial charge on any atom is 0.418 e. The van der Waals surface area contributed by atoms with Gasteiger partial charge in [-0.1, -0.05) is 6.07 Å². The summed E-state index contributed by atoms with van der Waals surface area (Å²) in [6, 6.07) is 7.90. The van der Waals surface area contributed by atoms with E-state index in [4.69, 9.17) is 0 Å². The molecule has 158 valence electrons. The molecule has 0 aliphatic rings. The van der Waals surface area contributed by atoms with Crippen molar-refractivity contribution < 1.29 is 18.0 Å². The zero-order valence-electron chi connectivity index (χ0n) is 16.1. The summed E-state index contributed by atoms with van der Waals surface area (Å²) < 4.78 is 41.3. The number of hydrogen-bond acceptors (Lipinski definition) is 4. The second-order valence-corrected chi connectivity index (χ2v) is 6.93. The minimum atomic E-state index is -4.75. The zero-order chi connectivity index (χ0) is 22.2. The Morgan fingerprint density at radius 1 is 1.16 bits per heavy atom. The van der Waals surface area contributed by atoms with Crippen LogP contribution in [0, 0.1) is 0 Å². The molecule has 10 heteroatoms. The normalized spacial score (nSPS) is 12.6. The summed E-state index contributed by atoms with van der Waals surface area (Å²) in [6.07, 6.45) is -0.410. The third-order valence-electron chi connectivity index (χ3n) is 4.80. The quantitative estimate of drug-likeness (QED) is 0.461. The number of alkyl halides is 3. The minimum Gasteiger partial charge on any atom is -0.350 e. The van der Waals surface area contributed by atoms with Crippen molar-refractivity contribution in [2.75, 3.05) is 0 Å². The third kappa shape index (κ3) is 4.04. The molecule has 1 atom stereocenters. The lowest BCUT2D eigenvalue weighted by atomic mass is 10.0. The van der Waals surface area contributed by atoms with E-state index in [0.29, 0.717) is 11.3 Å². The van der Waals surface area contributed by atoms with Gasteiger partial charge in [-0.05, 0) is 36.8 Å². The lowest BCUT2D eigenvalue weighted by Crippen LogP contribution is -2.29. The molecule has 3 N–H and O–H groups in total. The Kier molecular flexibility index (Phi) is 5.05. The zero-order valence-corrected chi connectivity index (χ0v) is 16.1. The van der Waals surface area contributed by atoms with Gasteiger partial charge >= 0.3 is 6.18 Å². The summed E-state index contributed by atoms with van der Waals surface area (Å²) >= 11 is 0. The van der Waals surface area contributed by atoms with E-state index in [9.17, 15) is 22.8 Å². The molecule has 1 amide bonds. The number of nitrogens with zero attached hydrogens (tertiary/aromatic N) is 2. The van der Waals surface area contributed by atoms with E-state index in [1.807, 2.05) is 0 Å². The predicted molar refractivity (Wildman–Crippen MR) is 107 cm³/mol. The predicted octanol–water partition coefficient (Wildman–Crippen LogP) is 3.82. The largest absolute Gasteiger partial charge is 0.418 e. The lowest BCUT2D eigenvalue weighted by molar-refractivity contribution is -0.136. The van der Waals surface area contributed by atoms with Crippen LogP contribution in [-0.4, -0.2) is 26.1 Å². The first-order valence-electron chi connectivity index (χ1n) is 9.23. The molecule has 0 fully saturated rings. The van der Waals surface area contributed by atoms with Gasteiger partial charge in [-0.15, -0.1) is 0 Å². The van der Waals surface area contributed by atoms with Gasteiger partial charge in [0, 0.05) is 29.4 Å². The van der Waals surface area contributed by atoms with Gasteiger partial charge in [-0.2, -0.15) is 18.3 Å². The molecule has 7 nitrogen and oxygen atoms in total. The fourth-order valence-electron chi connectivity index (χ4n) is 3.25. The Balaban J connectivity index is 1.79. The SMILES string of the molecule is CC(NC(=O)c1cc(=O)c2cc(-c3cn[nH]c3)cc(C(F)(F)F)c2[nH]1)c1ccccn1. The summed E-state index contributed by atoms with van der Waals surface area (Å²) in [5.74, 6) is -0.718. The first-order chi connectivity index (χ1) is 14.7. The van der Waals surface area contributed by atoms with Gasteiger partial charge in [0.2, 0.25) is 0 Å². The Morgan fingerprint density at radius 3 is 2.61 bits per heavy atom. The molecular formula is C21H16F3N5O2. The van der Waals surface area contributed by atoms with E-state index in [2.05, 4.69) is 25.5 Å². The lowest BCUT2D eigenvalue weighted by Gasteiger charge is -2.15. The van der Waals surface area contributed by atoms with E-state index in [-0.39, 0.29) is 16.6 Å². The number of fused-ring (bicyclic) bond motifs is 1. The van der Waals surface area contributed by atoms with Crippen molar-refractivity contribution in [3.63, 3.8) is 0 Å². The molecule has 0 aliphatic heterocycles. The average molecular weight is 427 g/mol. The van der Waals surface area contributed by atoms with Crippen LogP contribution in [0.1, 0.15) is 34.7 Å². The first kappa shape index (κ1) is 20.3. The van der Waals surface area contributed by atoms with Crippen molar-refractivity contribution in [3.8, 4) is 11.1 Å². The molecule has 0 radical (unpaired) electrons. The van der Waals surface area contributed by atoms with Crippen molar-refractivity contribution >= 4 is 16.8 Å².